The molecule has 22 heavy (non-hydrogen) atoms. The molecule has 0 bridgehead atoms. The van der Waals surface area contributed by atoms with Crippen molar-refractivity contribution in [1.82, 2.24) is 4.98 Å². The van der Waals surface area contributed by atoms with Crippen LogP contribution in [0.15, 0.2) is 24.4 Å². The molecule has 2 aromatic rings. The molecule has 0 fully saturated rings. The molecule has 6 nitrogen and oxygen atoms in total. The summed E-state index contributed by atoms with van der Waals surface area (Å²) in [5.41, 5.74) is 1.66. The number of fused-ring (bicyclic) bond motifs is 1. The Kier molecular flexibility index (Phi) is 5.20. The molecule has 0 aliphatic carbocycles. The van der Waals surface area contributed by atoms with Crippen LogP contribution in [0.4, 0.5) is 0 Å². The molecule has 7 heteroatoms. The second-order valence-corrected chi connectivity index (χ2v) is 6.44. The minimum atomic E-state index is -3.41. The van der Waals surface area contributed by atoms with Crippen molar-refractivity contribution in [1.29, 1.82) is 0 Å². The Bertz CT molecular complexity index is 758. The first kappa shape index (κ1) is 16.5. The van der Waals surface area contributed by atoms with E-state index in [0.29, 0.717) is 18.6 Å². The Morgan fingerprint density at radius 2 is 2.00 bits per heavy atom. The van der Waals surface area contributed by atoms with Crippen molar-refractivity contribution in [2.24, 2.45) is 0 Å². The second kappa shape index (κ2) is 6.93. The Hall–Kier alpha value is -1.86. The average Bonchev–Trinajstić information content (AvgIpc) is 2.49. The van der Waals surface area contributed by atoms with Gasteiger partial charge in [-0.25, -0.2) is 0 Å². The normalized spacial score (nSPS) is 11.6. The number of nitrogens with zero attached hydrogens (tertiary/aromatic N) is 1. The van der Waals surface area contributed by atoms with E-state index in [1.54, 1.807) is 20.4 Å². The lowest BCUT2D eigenvalue weighted by Crippen LogP contribution is -2.05. The maximum atomic E-state index is 11.0. The van der Waals surface area contributed by atoms with Crippen LogP contribution in [-0.4, -0.2) is 40.5 Å². The molecule has 0 spiro atoms. The zero-order chi connectivity index (χ0) is 16.2. The van der Waals surface area contributed by atoms with Crippen molar-refractivity contribution in [3.63, 3.8) is 0 Å². The van der Waals surface area contributed by atoms with Crippen LogP contribution in [0.1, 0.15) is 12.0 Å². The highest BCUT2D eigenvalue weighted by Crippen LogP contribution is 2.35. The SMILES string of the molecule is COc1c(CCCOS(C)(=O)=O)cc(OC)c2ncccc12. The number of methoxy groups -OCH3 is 2. The van der Waals surface area contributed by atoms with Crippen molar-refractivity contribution in [2.45, 2.75) is 12.8 Å². The molecule has 0 unspecified atom stereocenters. The Labute approximate surface area is 130 Å². The van der Waals surface area contributed by atoms with Crippen LogP contribution >= 0.6 is 0 Å². The predicted molar refractivity (Wildman–Crippen MR) is 84.0 cm³/mol. The molecule has 0 saturated heterocycles. The molecule has 0 aliphatic heterocycles. The predicted octanol–water partition coefficient (Wildman–Crippen LogP) is 2.16. The molecule has 1 aromatic heterocycles. The van der Waals surface area contributed by atoms with Gasteiger partial charge in [0.15, 0.2) is 0 Å². The van der Waals surface area contributed by atoms with Gasteiger partial charge < -0.3 is 9.47 Å². The third-order valence-corrected chi connectivity index (χ3v) is 3.79. The van der Waals surface area contributed by atoms with Gasteiger partial charge >= 0.3 is 0 Å². The summed E-state index contributed by atoms with van der Waals surface area (Å²) in [6.07, 6.45) is 3.90. The third-order valence-electron chi connectivity index (χ3n) is 3.19. The van der Waals surface area contributed by atoms with Gasteiger partial charge in [-0.2, -0.15) is 8.42 Å². The van der Waals surface area contributed by atoms with Crippen molar-refractivity contribution in [3.05, 3.63) is 30.0 Å². The fourth-order valence-corrected chi connectivity index (χ4v) is 2.73. The van der Waals surface area contributed by atoms with Crippen LogP contribution in [0.3, 0.4) is 0 Å². The molecule has 0 aliphatic rings. The van der Waals surface area contributed by atoms with E-state index >= 15 is 0 Å². The molecule has 1 aromatic carbocycles. The number of pyridine rings is 1. The fourth-order valence-electron chi connectivity index (χ4n) is 2.31. The summed E-state index contributed by atoms with van der Waals surface area (Å²) in [4.78, 5) is 4.32. The Morgan fingerprint density at radius 1 is 1.23 bits per heavy atom. The Balaban J connectivity index is 2.28. The molecule has 0 N–H and O–H groups in total. The van der Waals surface area contributed by atoms with E-state index in [1.807, 2.05) is 18.2 Å². The average molecular weight is 325 g/mol. The zero-order valence-corrected chi connectivity index (χ0v) is 13.6. The number of aryl methyl sites for hydroxylation is 1. The standard InChI is InChI=1S/C15H19NO5S/c1-19-13-10-11(6-5-9-21-22(3,17)18)15(20-2)12-7-4-8-16-14(12)13/h4,7-8,10H,5-6,9H2,1-3H3. The number of aromatic nitrogens is 1. The third kappa shape index (κ3) is 3.86. The lowest BCUT2D eigenvalue weighted by Gasteiger charge is -2.14. The molecule has 2 rings (SSSR count). The maximum Gasteiger partial charge on any atom is 0.264 e. The van der Waals surface area contributed by atoms with E-state index < -0.39 is 10.1 Å². The number of rotatable bonds is 7. The summed E-state index contributed by atoms with van der Waals surface area (Å²) in [6.45, 7) is 0.134. The van der Waals surface area contributed by atoms with Gasteiger partial charge in [-0.05, 0) is 36.6 Å². The van der Waals surface area contributed by atoms with Crippen molar-refractivity contribution < 1.29 is 22.1 Å². The van der Waals surface area contributed by atoms with Crippen LogP contribution in [0.2, 0.25) is 0 Å². The second-order valence-electron chi connectivity index (χ2n) is 4.80. The Morgan fingerprint density at radius 3 is 2.64 bits per heavy atom. The van der Waals surface area contributed by atoms with E-state index in [0.717, 1.165) is 28.5 Å². The van der Waals surface area contributed by atoms with Crippen molar-refractivity contribution in [3.8, 4) is 11.5 Å². The highest BCUT2D eigenvalue weighted by Gasteiger charge is 2.14. The summed E-state index contributed by atoms with van der Waals surface area (Å²) < 4.78 is 37.6. The molecule has 0 saturated carbocycles. The summed E-state index contributed by atoms with van der Waals surface area (Å²) in [5.74, 6) is 1.39. The molecule has 1 heterocycles. The molecule has 0 radical (unpaired) electrons. The smallest absolute Gasteiger partial charge is 0.264 e. The van der Waals surface area contributed by atoms with Crippen molar-refractivity contribution >= 4 is 21.0 Å². The quantitative estimate of drug-likeness (QED) is 0.574. The number of ether oxygens (including phenoxy) is 2. The van der Waals surface area contributed by atoms with Gasteiger partial charge in [0.1, 0.15) is 17.0 Å². The van der Waals surface area contributed by atoms with E-state index in [1.165, 1.54) is 0 Å². The van der Waals surface area contributed by atoms with Crippen LogP contribution in [0.5, 0.6) is 11.5 Å². The molecular formula is C15H19NO5S. The maximum absolute atomic E-state index is 11.0. The minimum absolute atomic E-state index is 0.134. The fraction of sp³-hybridized carbons (Fsp3) is 0.400. The summed E-state index contributed by atoms with van der Waals surface area (Å²) >= 11 is 0. The molecule has 120 valence electrons. The monoisotopic (exact) mass is 325 g/mol. The van der Waals surface area contributed by atoms with E-state index in [2.05, 4.69) is 4.98 Å². The van der Waals surface area contributed by atoms with Gasteiger partial charge in [-0.15, -0.1) is 0 Å². The van der Waals surface area contributed by atoms with Gasteiger partial charge in [-0.3, -0.25) is 9.17 Å². The van der Waals surface area contributed by atoms with Gasteiger partial charge in [-0.1, -0.05) is 0 Å². The zero-order valence-electron chi connectivity index (χ0n) is 12.8. The summed E-state index contributed by atoms with van der Waals surface area (Å²) in [6, 6.07) is 5.62. The largest absolute Gasteiger partial charge is 0.496 e. The van der Waals surface area contributed by atoms with E-state index in [4.69, 9.17) is 13.7 Å². The van der Waals surface area contributed by atoms with Gasteiger partial charge in [0.25, 0.3) is 10.1 Å². The minimum Gasteiger partial charge on any atom is -0.496 e. The lowest BCUT2D eigenvalue weighted by molar-refractivity contribution is 0.314. The van der Waals surface area contributed by atoms with Crippen LogP contribution in [0.25, 0.3) is 10.9 Å². The first-order valence-electron chi connectivity index (χ1n) is 6.79. The molecule has 0 atom stereocenters. The molecule has 0 amide bonds. The number of hydrogen-bond acceptors (Lipinski definition) is 6. The lowest BCUT2D eigenvalue weighted by atomic mass is 10.0. The number of benzene rings is 1. The first-order chi connectivity index (χ1) is 10.5. The van der Waals surface area contributed by atoms with E-state index in [-0.39, 0.29) is 6.61 Å². The molecular weight excluding hydrogens is 306 g/mol. The van der Waals surface area contributed by atoms with Crippen LogP contribution in [0, 0.1) is 0 Å². The van der Waals surface area contributed by atoms with Crippen molar-refractivity contribution in [2.75, 3.05) is 27.1 Å². The van der Waals surface area contributed by atoms with Crippen LogP contribution < -0.4 is 9.47 Å². The van der Waals surface area contributed by atoms with Gasteiger partial charge in [0, 0.05) is 11.6 Å². The van der Waals surface area contributed by atoms with Gasteiger partial charge in [0.2, 0.25) is 0 Å². The number of hydrogen-bond donors (Lipinski definition) is 0. The van der Waals surface area contributed by atoms with Crippen LogP contribution in [-0.2, 0) is 20.7 Å². The summed E-state index contributed by atoms with van der Waals surface area (Å²) in [7, 11) is -0.216. The van der Waals surface area contributed by atoms with E-state index in [9.17, 15) is 8.42 Å². The highest BCUT2D eigenvalue weighted by atomic mass is 32.2. The first-order valence-corrected chi connectivity index (χ1v) is 8.61. The topological polar surface area (TPSA) is 74.7 Å². The van der Waals surface area contributed by atoms with Gasteiger partial charge in [0.05, 0.1) is 27.1 Å². The summed E-state index contributed by atoms with van der Waals surface area (Å²) in [5, 5.41) is 0.864. The highest BCUT2D eigenvalue weighted by molar-refractivity contribution is 7.85.